The van der Waals surface area contributed by atoms with E-state index in [4.69, 9.17) is 11.6 Å². The van der Waals surface area contributed by atoms with E-state index >= 15 is 0 Å². The maximum atomic E-state index is 6.19. The van der Waals surface area contributed by atoms with Crippen LogP contribution >= 0.6 is 11.6 Å². The van der Waals surface area contributed by atoms with Crippen LogP contribution in [0.25, 0.3) is 11.4 Å². The molecule has 1 aliphatic heterocycles. The van der Waals surface area contributed by atoms with Gasteiger partial charge in [-0.15, -0.1) is 5.10 Å². The van der Waals surface area contributed by atoms with Crippen molar-refractivity contribution in [3.8, 4) is 23.2 Å². The van der Waals surface area contributed by atoms with Gasteiger partial charge in [0, 0.05) is 16.9 Å². The molecule has 0 unspecified atom stereocenters. The second-order valence-electron chi connectivity index (χ2n) is 6.86. The van der Waals surface area contributed by atoms with Crippen LogP contribution in [-0.2, 0) is 6.42 Å². The first-order chi connectivity index (χ1) is 11.4. The molecule has 0 fully saturated rings. The topological polar surface area (TPSA) is 48.5 Å². The molecule has 4 rings (SSSR count). The largest absolute Gasteiger partial charge is 0.299 e. The van der Waals surface area contributed by atoms with E-state index in [1.165, 1.54) is 0 Å². The number of benzene rings is 1. The van der Waals surface area contributed by atoms with Gasteiger partial charge in [0.1, 0.15) is 12.0 Å². The van der Waals surface area contributed by atoms with E-state index in [0.29, 0.717) is 11.4 Å². The quantitative estimate of drug-likeness (QED) is 0.462. The van der Waals surface area contributed by atoms with Crippen LogP contribution in [0.1, 0.15) is 37.9 Å². The molecule has 0 saturated heterocycles. The van der Waals surface area contributed by atoms with Crippen molar-refractivity contribution in [1.29, 1.82) is 0 Å². The normalized spacial score (nSPS) is 12.5. The van der Waals surface area contributed by atoms with Gasteiger partial charge in [-0.1, -0.05) is 22.7 Å². The summed E-state index contributed by atoms with van der Waals surface area (Å²) < 4.78 is 3.89. The fourth-order valence-corrected chi connectivity index (χ4v) is 2.89. The Bertz CT molecular complexity index is 995. The van der Waals surface area contributed by atoms with Crippen molar-refractivity contribution in [3.05, 3.63) is 52.8 Å². The van der Waals surface area contributed by atoms with Crippen LogP contribution in [0.2, 0.25) is 5.02 Å². The van der Waals surface area contributed by atoms with Gasteiger partial charge in [-0.25, -0.2) is 9.67 Å². The highest BCUT2D eigenvalue weighted by molar-refractivity contribution is 6.30. The summed E-state index contributed by atoms with van der Waals surface area (Å²) in [5.41, 5.74) is 4.60. The van der Waals surface area contributed by atoms with E-state index in [2.05, 4.69) is 52.5 Å². The molecule has 1 aromatic carbocycles. The molecule has 3 aromatic rings. The molecule has 6 heteroatoms. The van der Waals surface area contributed by atoms with Crippen LogP contribution in [0.3, 0.4) is 0 Å². The highest BCUT2D eigenvalue weighted by atomic mass is 35.5. The Balaban J connectivity index is 1.96. The summed E-state index contributed by atoms with van der Waals surface area (Å²) in [4.78, 5) is 4.53. The minimum Gasteiger partial charge on any atom is -0.299 e. The predicted molar refractivity (Wildman–Crippen MR) is 92.6 cm³/mol. The Morgan fingerprint density at radius 1 is 1.21 bits per heavy atom. The second kappa shape index (κ2) is 5.22. The van der Waals surface area contributed by atoms with Crippen molar-refractivity contribution >= 4 is 11.6 Å². The molecule has 0 N–H and O–H groups in total. The summed E-state index contributed by atoms with van der Waals surface area (Å²) in [5, 5.41) is 8.92. The number of halogens is 1. The Morgan fingerprint density at radius 3 is 2.83 bits per heavy atom. The molecule has 1 aliphatic rings. The molecule has 0 radical (unpaired) electrons. The Kier molecular flexibility index (Phi) is 3.26. The maximum absolute atomic E-state index is 6.19. The standard InChI is InChI=1S/C18H16ClN5/c1-18(2,3)7-6-14-16-9-13-10-21-22-24(13)17-8-12(19)4-5-15(17)23(16)11-20-14/h4-5,8,10-11H,9H2,1-3H3. The van der Waals surface area contributed by atoms with E-state index in [0.717, 1.165) is 28.5 Å². The Hall–Kier alpha value is -2.58. The van der Waals surface area contributed by atoms with E-state index in [-0.39, 0.29) is 5.41 Å². The smallest absolute Gasteiger partial charge is 0.135 e. The fraction of sp³-hybridized carbons (Fsp3) is 0.278. The number of fused-ring (bicyclic) bond motifs is 5. The number of hydrogen-bond acceptors (Lipinski definition) is 3. The minimum atomic E-state index is -0.0734. The van der Waals surface area contributed by atoms with Gasteiger partial charge in [0.15, 0.2) is 0 Å². The Morgan fingerprint density at radius 2 is 2.04 bits per heavy atom. The number of aromatic nitrogens is 5. The number of hydrogen-bond donors (Lipinski definition) is 0. The molecule has 0 bridgehead atoms. The van der Waals surface area contributed by atoms with Gasteiger partial charge in [0.2, 0.25) is 0 Å². The molecule has 0 atom stereocenters. The monoisotopic (exact) mass is 337 g/mol. The van der Waals surface area contributed by atoms with Crippen LogP contribution in [0.4, 0.5) is 0 Å². The minimum absolute atomic E-state index is 0.0734. The van der Waals surface area contributed by atoms with Crippen LogP contribution in [0.15, 0.2) is 30.7 Å². The van der Waals surface area contributed by atoms with Gasteiger partial charge in [0.05, 0.1) is 29.0 Å². The van der Waals surface area contributed by atoms with E-state index < -0.39 is 0 Å². The molecule has 120 valence electrons. The number of nitrogens with zero attached hydrogens (tertiary/aromatic N) is 5. The predicted octanol–water partition coefficient (Wildman–Crippen LogP) is 3.41. The molecule has 0 saturated carbocycles. The zero-order chi connectivity index (χ0) is 16.9. The van der Waals surface area contributed by atoms with Gasteiger partial charge < -0.3 is 0 Å². The lowest BCUT2D eigenvalue weighted by molar-refractivity contribution is 0.571. The molecule has 3 heterocycles. The van der Waals surface area contributed by atoms with Crippen molar-refractivity contribution in [2.45, 2.75) is 27.2 Å². The van der Waals surface area contributed by atoms with Gasteiger partial charge in [-0.3, -0.25) is 4.57 Å². The van der Waals surface area contributed by atoms with Gasteiger partial charge in [-0.05, 0) is 44.9 Å². The first kappa shape index (κ1) is 15.0. The third-order valence-corrected chi connectivity index (χ3v) is 4.05. The van der Waals surface area contributed by atoms with E-state index in [9.17, 15) is 0 Å². The van der Waals surface area contributed by atoms with Gasteiger partial charge >= 0.3 is 0 Å². The third kappa shape index (κ3) is 2.49. The van der Waals surface area contributed by atoms with E-state index in [1.54, 1.807) is 6.20 Å². The molecular formula is C18H16ClN5. The van der Waals surface area contributed by atoms with Crippen molar-refractivity contribution in [1.82, 2.24) is 24.5 Å². The lowest BCUT2D eigenvalue weighted by Gasteiger charge is -2.09. The molecule has 5 nitrogen and oxygen atoms in total. The molecule has 24 heavy (non-hydrogen) atoms. The maximum Gasteiger partial charge on any atom is 0.135 e. The molecular weight excluding hydrogens is 322 g/mol. The second-order valence-corrected chi connectivity index (χ2v) is 7.29. The van der Waals surface area contributed by atoms with Crippen LogP contribution in [0.5, 0.6) is 0 Å². The molecule has 2 aromatic heterocycles. The lowest BCUT2D eigenvalue weighted by Crippen LogP contribution is -2.03. The van der Waals surface area contributed by atoms with Crippen molar-refractivity contribution in [3.63, 3.8) is 0 Å². The SMILES string of the molecule is CC(C)(C)C#Cc1ncn2c1Cc1cnnn1-c1cc(Cl)ccc1-2. The summed E-state index contributed by atoms with van der Waals surface area (Å²) in [5.74, 6) is 6.49. The summed E-state index contributed by atoms with van der Waals surface area (Å²) in [6.45, 7) is 6.27. The van der Waals surface area contributed by atoms with Crippen molar-refractivity contribution in [2.24, 2.45) is 5.41 Å². The summed E-state index contributed by atoms with van der Waals surface area (Å²) >= 11 is 6.19. The first-order valence-electron chi connectivity index (χ1n) is 7.72. The molecule has 0 amide bonds. The van der Waals surface area contributed by atoms with Crippen molar-refractivity contribution in [2.75, 3.05) is 0 Å². The number of rotatable bonds is 0. The van der Waals surface area contributed by atoms with Gasteiger partial charge in [0.25, 0.3) is 0 Å². The first-order valence-corrected chi connectivity index (χ1v) is 8.09. The lowest BCUT2D eigenvalue weighted by atomic mass is 9.98. The summed E-state index contributed by atoms with van der Waals surface area (Å²) in [6.07, 6.45) is 4.25. The van der Waals surface area contributed by atoms with Crippen molar-refractivity contribution < 1.29 is 0 Å². The van der Waals surface area contributed by atoms with Crippen LogP contribution < -0.4 is 0 Å². The average Bonchev–Trinajstić information content (AvgIpc) is 3.10. The van der Waals surface area contributed by atoms with Crippen LogP contribution in [-0.4, -0.2) is 24.5 Å². The number of imidazole rings is 1. The zero-order valence-electron chi connectivity index (χ0n) is 13.7. The zero-order valence-corrected chi connectivity index (χ0v) is 14.5. The third-order valence-electron chi connectivity index (χ3n) is 3.82. The highest BCUT2D eigenvalue weighted by Crippen LogP contribution is 2.30. The Labute approximate surface area is 145 Å². The molecule has 0 spiro atoms. The van der Waals surface area contributed by atoms with Gasteiger partial charge in [-0.2, -0.15) is 0 Å². The summed E-state index contributed by atoms with van der Waals surface area (Å²) in [6, 6.07) is 5.73. The average molecular weight is 338 g/mol. The highest BCUT2D eigenvalue weighted by Gasteiger charge is 2.23. The van der Waals surface area contributed by atoms with Crippen LogP contribution in [0, 0.1) is 17.3 Å². The van der Waals surface area contributed by atoms with E-state index in [1.807, 2.05) is 29.2 Å². The summed E-state index contributed by atoms with van der Waals surface area (Å²) in [7, 11) is 0. The molecule has 0 aliphatic carbocycles. The fourth-order valence-electron chi connectivity index (χ4n) is 2.72.